The van der Waals surface area contributed by atoms with Crippen LogP contribution in [-0.4, -0.2) is 23.2 Å². The molecule has 3 N–H and O–H groups in total. The smallest absolute Gasteiger partial charge is 0.295 e. The molecular formula is C38H28N8O5S. The van der Waals surface area contributed by atoms with E-state index in [1.165, 1.54) is 36.4 Å². The minimum Gasteiger partial charge on any atom is -0.508 e. The SMILES string of the molecule is O=S(=O)(O)c1cc(N=Nc2ccc(N=Nc3ccc(O)cc3)cc2)ccc1C=Cc1ccc(N=Nc2ccc(N=Nc3ccc(O)cc3)cc2)cc1. The van der Waals surface area contributed by atoms with E-state index in [0.717, 1.165) is 5.56 Å². The summed E-state index contributed by atoms with van der Waals surface area (Å²) in [4.78, 5) is -0.316. The van der Waals surface area contributed by atoms with Crippen LogP contribution in [0, 0.1) is 0 Å². The number of rotatable bonds is 11. The average molecular weight is 709 g/mol. The Morgan fingerprint density at radius 1 is 0.385 bits per heavy atom. The number of phenolic OH excluding ortho intramolecular Hbond substituents is 2. The molecule has 0 aliphatic heterocycles. The molecule has 0 spiro atoms. The van der Waals surface area contributed by atoms with E-state index in [9.17, 15) is 23.2 Å². The zero-order valence-electron chi connectivity index (χ0n) is 27.1. The molecule has 0 aliphatic rings. The first kappa shape index (κ1) is 34.8. The second-order valence-corrected chi connectivity index (χ2v) is 12.4. The molecule has 0 atom stereocenters. The normalized spacial score (nSPS) is 12.2. The van der Waals surface area contributed by atoms with Gasteiger partial charge in [0.2, 0.25) is 0 Å². The summed E-state index contributed by atoms with van der Waals surface area (Å²) in [6.07, 6.45) is 3.28. The molecule has 13 nitrogen and oxygen atoms in total. The summed E-state index contributed by atoms with van der Waals surface area (Å²) in [7, 11) is -4.58. The predicted octanol–water partition coefficient (Wildman–Crippen LogP) is 12.2. The Bertz CT molecular complexity index is 2410. The number of benzene rings is 6. The van der Waals surface area contributed by atoms with Crippen molar-refractivity contribution in [2.75, 3.05) is 0 Å². The van der Waals surface area contributed by atoms with Crippen LogP contribution in [0.25, 0.3) is 12.2 Å². The third-order valence-corrected chi connectivity index (χ3v) is 8.06. The van der Waals surface area contributed by atoms with Crippen LogP contribution in [0.2, 0.25) is 0 Å². The molecule has 0 bridgehead atoms. The Morgan fingerprint density at radius 2 is 0.673 bits per heavy atom. The maximum atomic E-state index is 12.2. The number of phenols is 2. The summed E-state index contributed by atoms with van der Waals surface area (Å²) in [6, 6.07) is 38.0. The van der Waals surface area contributed by atoms with Crippen LogP contribution in [0.1, 0.15) is 11.1 Å². The lowest BCUT2D eigenvalue weighted by Crippen LogP contribution is -2.00. The molecule has 0 saturated heterocycles. The van der Waals surface area contributed by atoms with Crippen LogP contribution in [-0.2, 0) is 10.1 Å². The highest BCUT2D eigenvalue weighted by atomic mass is 32.2. The van der Waals surface area contributed by atoms with Gasteiger partial charge in [-0.15, -0.1) is 0 Å². The Labute approximate surface area is 298 Å². The third kappa shape index (κ3) is 10.0. The van der Waals surface area contributed by atoms with Gasteiger partial charge in [-0.2, -0.15) is 49.3 Å². The molecule has 0 saturated carbocycles. The highest BCUT2D eigenvalue weighted by Gasteiger charge is 2.15. The Hall–Kier alpha value is -7.03. The number of aromatic hydroxyl groups is 2. The van der Waals surface area contributed by atoms with Crippen molar-refractivity contribution in [3.8, 4) is 11.5 Å². The van der Waals surface area contributed by atoms with E-state index in [0.29, 0.717) is 39.8 Å². The highest BCUT2D eigenvalue weighted by molar-refractivity contribution is 7.86. The van der Waals surface area contributed by atoms with E-state index in [1.807, 2.05) is 0 Å². The fourth-order valence-electron chi connectivity index (χ4n) is 4.46. The van der Waals surface area contributed by atoms with E-state index in [-0.39, 0.29) is 27.6 Å². The quantitative estimate of drug-likeness (QED) is 0.0683. The topological polar surface area (TPSA) is 194 Å². The van der Waals surface area contributed by atoms with E-state index in [1.54, 1.807) is 115 Å². The summed E-state index contributed by atoms with van der Waals surface area (Å²) in [5.41, 5.74) is 5.38. The molecule has 0 radical (unpaired) electrons. The van der Waals surface area contributed by atoms with Crippen LogP contribution in [0.3, 0.4) is 0 Å². The van der Waals surface area contributed by atoms with Crippen molar-refractivity contribution in [2.45, 2.75) is 4.90 Å². The van der Waals surface area contributed by atoms with Crippen molar-refractivity contribution in [1.82, 2.24) is 0 Å². The third-order valence-electron chi connectivity index (χ3n) is 7.15. The van der Waals surface area contributed by atoms with Gasteiger partial charge < -0.3 is 10.2 Å². The molecule has 0 fully saturated rings. The number of hydrogen-bond donors (Lipinski definition) is 3. The maximum Gasteiger partial charge on any atom is 0.295 e. The summed E-state index contributed by atoms with van der Waals surface area (Å²) in [5.74, 6) is 0.298. The molecule has 0 heterocycles. The molecule has 256 valence electrons. The van der Waals surface area contributed by atoms with Gasteiger partial charge >= 0.3 is 0 Å². The second-order valence-electron chi connectivity index (χ2n) is 11.0. The molecule has 52 heavy (non-hydrogen) atoms. The first-order valence-corrected chi connectivity index (χ1v) is 17.0. The van der Waals surface area contributed by atoms with Crippen LogP contribution < -0.4 is 0 Å². The fraction of sp³-hybridized carbons (Fsp3) is 0. The van der Waals surface area contributed by atoms with Crippen LogP contribution in [0.5, 0.6) is 11.5 Å². The molecule has 6 aromatic carbocycles. The van der Waals surface area contributed by atoms with Gasteiger partial charge in [0.05, 0.1) is 45.5 Å². The van der Waals surface area contributed by atoms with Crippen LogP contribution >= 0.6 is 0 Å². The highest BCUT2D eigenvalue weighted by Crippen LogP contribution is 2.29. The first-order chi connectivity index (χ1) is 25.2. The standard InChI is InChI=1S/C38H28N8O5S/c47-36-21-17-33(18-22-36)43-41-30-11-9-29(10-12-30)40-39-28-6-2-26(3-7-28)1-4-27-5-8-35(25-38(27)52(49,50)51)46-45-32-15-13-31(14-16-32)42-44-34-19-23-37(48)24-20-34/h1-25,47-48H,(H,49,50,51). The van der Waals surface area contributed by atoms with Gasteiger partial charge in [0, 0.05) is 0 Å². The van der Waals surface area contributed by atoms with E-state index >= 15 is 0 Å². The second kappa shape index (κ2) is 16.1. The molecule has 6 rings (SSSR count). The fourth-order valence-corrected chi connectivity index (χ4v) is 5.16. The Kier molecular flexibility index (Phi) is 10.8. The van der Waals surface area contributed by atoms with Gasteiger partial charge in [-0.25, -0.2) is 0 Å². The van der Waals surface area contributed by atoms with Gasteiger partial charge in [-0.3, -0.25) is 4.55 Å². The molecule has 0 aromatic heterocycles. The van der Waals surface area contributed by atoms with E-state index in [4.69, 9.17) is 0 Å². The summed E-state index contributed by atoms with van der Waals surface area (Å²) in [6.45, 7) is 0. The maximum absolute atomic E-state index is 12.2. The Balaban J connectivity index is 1.07. The van der Waals surface area contributed by atoms with Gasteiger partial charge in [-0.1, -0.05) is 30.4 Å². The zero-order chi connectivity index (χ0) is 36.3. The number of azo groups is 4. The summed E-state index contributed by atoms with van der Waals surface area (Å²) < 4.78 is 34.4. The van der Waals surface area contributed by atoms with Crippen molar-refractivity contribution in [1.29, 1.82) is 0 Å². The van der Waals surface area contributed by atoms with Gasteiger partial charge in [-0.05, 0) is 132 Å². The van der Waals surface area contributed by atoms with Gasteiger partial charge in [0.1, 0.15) is 16.4 Å². The molecule has 0 unspecified atom stereocenters. The van der Waals surface area contributed by atoms with Gasteiger partial charge in [0.25, 0.3) is 10.1 Å². The van der Waals surface area contributed by atoms with Crippen LogP contribution in [0.4, 0.5) is 45.5 Å². The summed E-state index contributed by atoms with van der Waals surface area (Å²) >= 11 is 0. The molecule has 0 amide bonds. The Morgan fingerprint density at radius 3 is 1.02 bits per heavy atom. The molecule has 6 aromatic rings. The lowest BCUT2D eigenvalue weighted by Gasteiger charge is -2.04. The molecule has 0 aliphatic carbocycles. The van der Waals surface area contributed by atoms with Crippen molar-refractivity contribution in [2.24, 2.45) is 40.9 Å². The van der Waals surface area contributed by atoms with Crippen molar-refractivity contribution in [3.05, 3.63) is 151 Å². The van der Waals surface area contributed by atoms with Gasteiger partial charge in [0.15, 0.2) is 0 Å². The largest absolute Gasteiger partial charge is 0.508 e. The predicted molar refractivity (Wildman–Crippen MR) is 197 cm³/mol. The van der Waals surface area contributed by atoms with Crippen molar-refractivity contribution in [3.63, 3.8) is 0 Å². The lowest BCUT2D eigenvalue weighted by molar-refractivity contribution is 0.475. The minimum atomic E-state index is -4.58. The summed E-state index contributed by atoms with van der Waals surface area (Å²) in [5, 5.41) is 52.1. The monoisotopic (exact) mass is 708 g/mol. The zero-order valence-corrected chi connectivity index (χ0v) is 27.9. The minimum absolute atomic E-state index is 0.139. The van der Waals surface area contributed by atoms with E-state index in [2.05, 4.69) is 40.9 Å². The molecule has 14 heteroatoms. The number of hydrogen-bond acceptors (Lipinski definition) is 12. The lowest BCUT2D eigenvalue weighted by atomic mass is 10.1. The first-order valence-electron chi connectivity index (χ1n) is 15.5. The number of nitrogens with zero attached hydrogens (tertiary/aromatic N) is 8. The van der Waals surface area contributed by atoms with Crippen molar-refractivity contribution < 1.29 is 23.2 Å². The van der Waals surface area contributed by atoms with E-state index < -0.39 is 10.1 Å². The molecular weight excluding hydrogens is 681 g/mol. The van der Waals surface area contributed by atoms with Crippen molar-refractivity contribution >= 4 is 67.8 Å². The average Bonchev–Trinajstić information content (AvgIpc) is 3.16. The van der Waals surface area contributed by atoms with Crippen LogP contribution in [0.15, 0.2) is 185 Å².